The maximum absolute atomic E-state index is 5.99. The number of fused-ring (bicyclic) bond motifs is 2. The average molecular weight is 525 g/mol. The molecule has 0 fully saturated rings. The van der Waals surface area contributed by atoms with Crippen LogP contribution in [0.5, 0.6) is 5.88 Å². The third kappa shape index (κ3) is 5.02. The second kappa shape index (κ2) is 11.2. The summed E-state index contributed by atoms with van der Waals surface area (Å²) in [6.45, 7) is 0.799. The molecule has 0 radical (unpaired) electrons. The zero-order chi connectivity index (χ0) is 27.5. The largest absolute Gasteiger partial charge is 0.481 e. The maximum atomic E-state index is 5.99. The van der Waals surface area contributed by atoms with Gasteiger partial charge >= 0.3 is 0 Å². The minimum Gasteiger partial charge on any atom is -0.481 e. The third-order valence-electron chi connectivity index (χ3n) is 7.34. The first-order chi connectivity index (χ1) is 19.6. The smallest absolute Gasteiger partial charge is 0.217 e. The Morgan fingerprint density at radius 2 is 1.65 bits per heavy atom. The molecule has 40 heavy (non-hydrogen) atoms. The fraction of sp³-hybridized carbons (Fsp3) is 0.139. The van der Waals surface area contributed by atoms with E-state index in [1.807, 2.05) is 24.3 Å². The van der Waals surface area contributed by atoms with E-state index in [0.717, 1.165) is 34.3 Å². The van der Waals surface area contributed by atoms with Crippen molar-refractivity contribution >= 4 is 27.2 Å². The fourth-order valence-electron chi connectivity index (χ4n) is 5.46. The standard InChI is InChI=1S/C36H32N2O2/c1-38(2)21-20-31(30-16-9-14-25-11-7-8-15-29(25)30)35(26-12-5-4-6-13-26)32-24-28-23-27(34-17-10-22-40-34)18-19-33(28)37-36(32)39-3/h4-20,22-24,35H,21H2,1-3H3. The molecule has 2 heterocycles. The van der Waals surface area contributed by atoms with Gasteiger partial charge in [-0.1, -0.05) is 78.9 Å². The van der Waals surface area contributed by atoms with Gasteiger partial charge in [-0.2, -0.15) is 0 Å². The monoisotopic (exact) mass is 524 g/mol. The lowest BCUT2D eigenvalue weighted by atomic mass is 9.80. The first-order valence-corrected chi connectivity index (χ1v) is 13.5. The third-order valence-corrected chi connectivity index (χ3v) is 7.34. The molecule has 0 saturated heterocycles. The lowest BCUT2D eigenvalue weighted by molar-refractivity contribution is 0.394. The highest BCUT2D eigenvalue weighted by Gasteiger charge is 2.26. The van der Waals surface area contributed by atoms with Crippen molar-refractivity contribution in [3.63, 3.8) is 0 Å². The Balaban J connectivity index is 1.63. The van der Waals surface area contributed by atoms with E-state index in [0.29, 0.717) is 5.88 Å². The van der Waals surface area contributed by atoms with Crippen LogP contribution >= 0.6 is 0 Å². The van der Waals surface area contributed by atoms with E-state index in [1.165, 1.54) is 27.5 Å². The summed E-state index contributed by atoms with van der Waals surface area (Å²) in [6, 6.07) is 38.2. The van der Waals surface area contributed by atoms with Crippen LogP contribution in [0.25, 0.3) is 38.6 Å². The van der Waals surface area contributed by atoms with Crippen molar-refractivity contribution in [1.29, 1.82) is 0 Å². The summed E-state index contributed by atoms with van der Waals surface area (Å²) in [5, 5.41) is 3.48. The minimum absolute atomic E-state index is 0.105. The van der Waals surface area contributed by atoms with E-state index in [-0.39, 0.29) is 5.92 Å². The van der Waals surface area contributed by atoms with Crippen LogP contribution in [0, 0.1) is 0 Å². The van der Waals surface area contributed by atoms with E-state index in [1.54, 1.807) is 13.4 Å². The minimum atomic E-state index is -0.105. The zero-order valence-corrected chi connectivity index (χ0v) is 23.0. The Labute approximate surface area is 235 Å². The molecule has 0 spiro atoms. The summed E-state index contributed by atoms with van der Waals surface area (Å²) in [7, 11) is 5.91. The van der Waals surface area contributed by atoms with Gasteiger partial charge in [0.2, 0.25) is 5.88 Å². The molecule has 0 saturated carbocycles. The molecular weight excluding hydrogens is 492 g/mol. The summed E-state index contributed by atoms with van der Waals surface area (Å²) in [6.07, 6.45) is 4.05. The number of hydrogen-bond donors (Lipinski definition) is 0. The highest BCUT2D eigenvalue weighted by Crippen LogP contribution is 2.44. The predicted octanol–water partition coefficient (Wildman–Crippen LogP) is 8.43. The Hall–Kier alpha value is -4.67. The van der Waals surface area contributed by atoms with Gasteiger partial charge in [-0.3, -0.25) is 0 Å². The molecule has 6 aromatic rings. The van der Waals surface area contributed by atoms with Crippen molar-refractivity contribution in [3.8, 4) is 17.2 Å². The van der Waals surface area contributed by atoms with Gasteiger partial charge in [-0.05, 0) is 78.0 Å². The predicted molar refractivity (Wildman–Crippen MR) is 165 cm³/mol. The molecule has 0 aliphatic heterocycles. The molecule has 4 nitrogen and oxygen atoms in total. The molecule has 0 N–H and O–H groups in total. The van der Waals surface area contributed by atoms with E-state index in [4.69, 9.17) is 14.1 Å². The summed E-state index contributed by atoms with van der Waals surface area (Å²) < 4.78 is 11.7. The molecule has 2 aromatic heterocycles. The summed E-state index contributed by atoms with van der Waals surface area (Å²) in [4.78, 5) is 7.20. The van der Waals surface area contributed by atoms with Crippen LogP contribution in [0.15, 0.2) is 126 Å². The van der Waals surface area contributed by atoms with Crippen LogP contribution in [0.4, 0.5) is 0 Å². The molecule has 0 amide bonds. The Morgan fingerprint density at radius 1 is 0.850 bits per heavy atom. The SMILES string of the molecule is COc1nc2ccc(-c3ccco3)cc2cc1C(C(=CCN(C)C)c1cccc2ccccc12)c1ccccc1. The maximum Gasteiger partial charge on any atom is 0.217 e. The van der Waals surface area contributed by atoms with Crippen molar-refractivity contribution in [2.24, 2.45) is 0 Å². The number of ether oxygens (including phenoxy) is 1. The first-order valence-electron chi connectivity index (χ1n) is 13.5. The van der Waals surface area contributed by atoms with Crippen LogP contribution in [0.1, 0.15) is 22.6 Å². The van der Waals surface area contributed by atoms with Crippen LogP contribution in [-0.4, -0.2) is 37.6 Å². The molecule has 0 aliphatic carbocycles. The fourth-order valence-corrected chi connectivity index (χ4v) is 5.46. The van der Waals surface area contributed by atoms with Gasteiger partial charge in [0.25, 0.3) is 0 Å². The van der Waals surface area contributed by atoms with Gasteiger partial charge in [0, 0.05) is 29.0 Å². The van der Waals surface area contributed by atoms with E-state index in [9.17, 15) is 0 Å². The molecule has 4 aromatic carbocycles. The number of pyridine rings is 1. The summed E-state index contributed by atoms with van der Waals surface area (Å²) >= 11 is 0. The average Bonchev–Trinajstić information content (AvgIpc) is 3.54. The van der Waals surface area contributed by atoms with E-state index >= 15 is 0 Å². The molecular formula is C36H32N2O2. The molecule has 0 bridgehead atoms. The van der Waals surface area contributed by atoms with Gasteiger partial charge in [-0.15, -0.1) is 0 Å². The van der Waals surface area contributed by atoms with Gasteiger partial charge < -0.3 is 14.1 Å². The van der Waals surface area contributed by atoms with Crippen molar-refractivity contribution in [2.45, 2.75) is 5.92 Å². The Morgan fingerprint density at radius 3 is 2.42 bits per heavy atom. The van der Waals surface area contributed by atoms with Gasteiger partial charge in [0.1, 0.15) is 5.76 Å². The number of methoxy groups -OCH3 is 1. The zero-order valence-electron chi connectivity index (χ0n) is 23.0. The van der Waals surface area contributed by atoms with Gasteiger partial charge in [0.15, 0.2) is 0 Å². The van der Waals surface area contributed by atoms with Crippen LogP contribution in [0.3, 0.4) is 0 Å². The Bertz CT molecular complexity index is 1780. The quantitative estimate of drug-likeness (QED) is 0.200. The van der Waals surface area contributed by atoms with Crippen molar-refractivity contribution in [1.82, 2.24) is 9.88 Å². The van der Waals surface area contributed by atoms with Crippen LogP contribution < -0.4 is 4.74 Å². The summed E-state index contributed by atoms with van der Waals surface area (Å²) in [5.74, 6) is 1.36. The number of rotatable bonds is 8. The molecule has 198 valence electrons. The highest BCUT2D eigenvalue weighted by molar-refractivity contribution is 5.96. The first kappa shape index (κ1) is 25.6. The molecule has 4 heteroatoms. The van der Waals surface area contributed by atoms with Crippen LogP contribution in [-0.2, 0) is 0 Å². The number of hydrogen-bond acceptors (Lipinski definition) is 4. The molecule has 1 unspecified atom stereocenters. The number of allylic oxidation sites excluding steroid dienone is 1. The van der Waals surface area contributed by atoms with Gasteiger partial charge in [-0.25, -0.2) is 4.98 Å². The highest BCUT2D eigenvalue weighted by atomic mass is 16.5. The summed E-state index contributed by atoms with van der Waals surface area (Å²) in [5.41, 5.74) is 6.53. The van der Waals surface area contributed by atoms with Gasteiger partial charge in [0.05, 0.1) is 18.9 Å². The normalized spacial score (nSPS) is 12.8. The lowest BCUT2D eigenvalue weighted by Crippen LogP contribution is -2.14. The van der Waals surface area contributed by atoms with Crippen molar-refractivity contribution < 1.29 is 9.15 Å². The number of aromatic nitrogens is 1. The lowest BCUT2D eigenvalue weighted by Gasteiger charge is -2.26. The molecule has 0 aliphatic rings. The molecule has 6 rings (SSSR count). The number of likely N-dealkylation sites (N-methyl/N-ethyl adjacent to an activating group) is 1. The van der Waals surface area contributed by atoms with E-state index in [2.05, 4.69) is 110 Å². The topological polar surface area (TPSA) is 38.5 Å². The van der Waals surface area contributed by atoms with Crippen molar-refractivity contribution in [2.75, 3.05) is 27.7 Å². The number of nitrogens with zero attached hydrogens (tertiary/aromatic N) is 2. The Kier molecular flexibility index (Phi) is 7.17. The molecule has 1 atom stereocenters. The second-order valence-corrected chi connectivity index (χ2v) is 10.3. The van der Waals surface area contributed by atoms with E-state index < -0.39 is 0 Å². The second-order valence-electron chi connectivity index (χ2n) is 10.3. The van der Waals surface area contributed by atoms with Crippen molar-refractivity contribution in [3.05, 3.63) is 138 Å². The van der Waals surface area contributed by atoms with Crippen LogP contribution in [0.2, 0.25) is 0 Å². The number of benzene rings is 4. The number of furan rings is 1.